The van der Waals surface area contributed by atoms with Crippen molar-refractivity contribution in [1.29, 1.82) is 0 Å². The van der Waals surface area contributed by atoms with Crippen molar-refractivity contribution in [3.63, 3.8) is 0 Å². The molecule has 0 bridgehead atoms. The molecule has 1 amide bonds. The quantitative estimate of drug-likeness (QED) is 0.583. The topological polar surface area (TPSA) is 91.2 Å². The van der Waals surface area contributed by atoms with Gasteiger partial charge in [0.15, 0.2) is 6.61 Å². The third kappa shape index (κ3) is 4.74. The van der Waals surface area contributed by atoms with Crippen LogP contribution in [0.15, 0.2) is 41.5 Å². The maximum Gasteiger partial charge on any atom is 0.277 e. The van der Waals surface area contributed by atoms with Crippen molar-refractivity contribution in [3.05, 3.63) is 53.1 Å². The highest BCUT2D eigenvalue weighted by atomic mass is 16.5. The van der Waals surface area contributed by atoms with Gasteiger partial charge >= 0.3 is 0 Å². The van der Waals surface area contributed by atoms with Crippen molar-refractivity contribution in [2.24, 2.45) is 5.10 Å². The van der Waals surface area contributed by atoms with Crippen LogP contribution in [0, 0.1) is 13.8 Å². The Bertz CT molecular complexity index is 741. The first-order chi connectivity index (χ1) is 11.0. The lowest BCUT2D eigenvalue weighted by atomic mass is 10.1. The normalized spacial score (nSPS) is 10.7. The Labute approximate surface area is 134 Å². The second-order valence-corrected chi connectivity index (χ2v) is 5.09. The van der Waals surface area contributed by atoms with Crippen molar-refractivity contribution >= 4 is 12.1 Å². The number of aryl methyl sites for hydroxylation is 2. The lowest BCUT2D eigenvalue weighted by molar-refractivity contribution is -0.123. The molecule has 0 aromatic heterocycles. The summed E-state index contributed by atoms with van der Waals surface area (Å²) in [4.78, 5) is 11.7. The largest absolute Gasteiger partial charge is 0.508 e. The number of carbonyl (C=O) groups excluding carboxylic acids is 1. The van der Waals surface area contributed by atoms with E-state index in [0.29, 0.717) is 11.3 Å². The number of ether oxygens (including phenoxy) is 1. The second kappa shape index (κ2) is 7.31. The van der Waals surface area contributed by atoms with Crippen LogP contribution in [0.2, 0.25) is 0 Å². The maximum absolute atomic E-state index is 11.7. The first-order valence-electron chi connectivity index (χ1n) is 6.99. The van der Waals surface area contributed by atoms with Crippen molar-refractivity contribution in [2.75, 3.05) is 6.61 Å². The predicted molar refractivity (Wildman–Crippen MR) is 86.9 cm³/mol. The first-order valence-corrected chi connectivity index (χ1v) is 6.99. The SMILES string of the molecule is Cc1ccc(C)c(OCC(=O)N/N=C\c2ccc(O)cc2O)c1. The van der Waals surface area contributed by atoms with Gasteiger partial charge in [-0.2, -0.15) is 5.10 Å². The molecule has 23 heavy (non-hydrogen) atoms. The average molecular weight is 314 g/mol. The molecule has 0 spiro atoms. The fourth-order valence-corrected chi connectivity index (χ4v) is 1.85. The number of hydrogen-bond donors (Lipinski definition) is 3. The Morgan fingerprint density at radius 3 is 2.74 bits per heavy atom. The zero-order chi connectivity index (χ0) is 16.8. The molecule has 120 valence electrons. The number of amides is 1. The van der Waals surface area contributed by atoms with Crippen LogP contribution < -0.4 is 10.2 Å². The summed E-state index contributed by atoms with van der Waals surface area (Å²) >= 11 is 0. The molecule has 2 rings (SSSR count). The Morgan fingerprint density at radius 1 is 1.22 bits per heavy atom. The molecular weight excluding hydrogens is 296 g/mol. The zero-order valence-electron chi connectivity index (χ0n) is 12.9. The molecule has 3 N–H and O–H groups in total. The van der Waals surface area contributed by atoms with E-state index >= 15 is 0 Å². The average Bonchev–Trinajstić information content (AvgIpc) is 2.50. The lowest BCUT2D eigenvalue weighted by Gasteiger charge is -2.08. The fraction of sp³-hybridized carbons (Fsp3) is 0.176. The van der Waals surface area contributed by atoms with E-state index in [1.165, 1.54) is 24.4 Å². The van der Waals surface area contributed by atoms with Gasteiger partial charge < -0.3 is 14.9 Å². The molecule has 0 saturated carbocycles. The summed E-state index contributed by atoms with van der Waals surface area (Å²) in [6.45, 7) is 3.68. The van der Waals surface area contributed by atoms with Crippen LogP contribution in [0.3, 0.4) is 0 Å². The number of nitrogens with one attached hydrogen (secondary N) is 1. The molecule has 0 aliphatic rings. The summed E-state index contributed by atoms with van der Waals surface area (Å²) in [5.74, 6) is 0.0565. The van der Waals surface area contributed by atoms with Crippen molar-refractivity contribution in [3.8, 4) is 17.2 Å². The Morgan fingerprint density at radius 2 is 2.00 bits per heavy atom. The Balaban J connectivity index is 1.87. The van der Waals surface area contributed by atoms with E-state index in [2.05, 4.69) is 10.5 Å². The van der Waals surface area contributed by atoms with Gasteiger partial charge in [-0.25, -0.2) is 5.43 Å². The molecule has 0 fully saturated rings. The molecule has 0 aliphatic carbocycles. The van der Waals surface area contributed by atoms with Crippen LogP contribution in [-0.4, -0.2) is 28.9 Å². The van der Waals surface area contributed by atoms with E-state index < -0.39 is 5.91 Å². The predicted octanol–water partition coefficient (Wildman–Crippen LogP) is 2.24. The molecule has 2 aromatic rings. The van der Waals surface area contributed by atoms with Gasteiger partial charge in [0.1, 0.15) is 17.2 Å². The zero-order valence-corrected chi connectivity index (χ0v) is 12.9. The number of phenolic OH excluding ortho intramolecular Hbond substituents is 2. The number of nitrogens with zero attached hydrogens (tertiary/aromatic N) is 1. The Kier molecular flexibility index (Phi) is 5.19. The van der Waals surface area contributed by atoms with E-state index in [4.69, 9.17) is 4.74 Å². The lowest BCUT2D eigenvalue weighted by Crippen LogP contribution is -2.24. The molecule has 2 aromatic carbocycles. The minimum atomic E-state index is -0.416. The van der Waals surface area contributed by atoms with E-state index in [-0.39, 0.29) is 18.1 Å². The molecule has 6 nitrogen and oxygen atoms in total. The maximum atomic E-state index is 11.7. The van der Waals surface area contributed by atoms with E-state index in [0.717, 1.165) is 11.1 Å². The van der Waals surface area contributed by atoms with E-state index in [1.807, 2.05) is 32.0 Å². The molecule has 0 atom stereocenters. The summed E-state index contributed by atoms with van der Waals surface area (Å²) in [7, 11) is 0. The summed E-state index contributed by atoms with van der Waals surface area (Å²) in [6.07, 6.45) is 1.28. The fourth-order valence-electron chi connectivity index (χ4n) is 1.85. The number of aromatic hydroxyl groups is 2. The molecule has 0 aliphatic heterocycles. The number of hydrazone groups is 1. The molecule has 6 heteroatoms. The molecular formula is C17H18N2O4. The summed E-state index contributed by atoms with van der Waals surface area (Å²) in [5, 5.41) is 22.5. The van der Waals surface area contributed by atoms with Crippen LogP contribution in [0.4, 0.5) is 0 Å². The number of carbonyl (C=O) groups is 1. The van der Waals surface area contributed by atoms with Gasteiger partial charge in [0.25, 0.3) is 5.91 Å². The van der Waals surface area contributed by atoms with Gasteiger partial charge in [0.2, 0.25) is 0 Å². The van der Waals surface area contributed by atoms with Gasteiger partial charge in [-0.3, -0.25) is 4.79 Å². The van der Waals surface area contributed by atoms with E-state index in [9.17, 15) is 15.0 Å². The number of hydrogen-bond acceptors (Lipinski definition) is 5. The molecule has 0 unspecified atom stereocenters. The van der Waals surface area contributed by atoms with Crippen LogP contribution in [0.1, 0.15) is 16.7 Å². The number of phenols is 2. The minimum Gasteiger partial charge on any atom is -0.508 e. The monoisotopic (exact) mass is 314 g/mol. The third-order valence-corrected chi connectivity index (χ3v) is 3.11. The molecule has 0 saturated heterocycles. The molecule has 0 heterocycles. The van der Waals surface area contributed by atoms with Crippen LogP contribution in [-0.2, 0) is 4.79 Å². The van der Waals surface area contributed by atoms with Crippen LogP contribution in [0.5, 0.6) is 17.2 Å². The van der Waals surface area contributed by atoms with Crippen molar-refractivity contribution < 1.29 is 19.7 Å². The Hall–Kier alpha value is -3.02. The standard InChI is InChI=1S/C17H18N2O4/c1-11-3-4-12(2)16(7-11)23-10-17(22)19-18-9-13-5-6-14(20)8-15(13)21/h3-9,20-21H,10H2,1-2H3,(H,19,22)/b18-9-. The van der Waals surface area contributed by atoms with Crippen molar-refractivity contribution in [2.45, 2.75) is 13.8 Å². The highest BCUT2D eigenvalue weighted by Crippen LogP contribution is 2.21. The molecule has 0 radical (unpaired) electrons. The minimum absolute atomic E-state index is 0.0504. The third-order valence-electron chi connectivity index (χ3n) is 3.11. The smallest absolute Gasteiger partial charge is 0.277 e. The van der Waals surface area contributed by atoms with Gasteiger partial charge in [-0.1, -0.05) is 12.1 Å². The number of benzene rings is 2. The van der Waals surface area contributed by atoms with E-state index in [1.54, 1.807) is 0 Å². The summed E-state index contributed by atoms with van der Waals surface area (Å²) < 4.78 is 5.45. The summed E-state index contributed by atoms with van der Waals surface area (Å²) in [5.41, 5.74) is 4.68. The van der Waals surface area contributed by atoms with Gasteiger partial charge in [-0.15, -0.1) is 0 Å². The highest BCUT2D eigenvalue weighted by molar-refractivity contribution is 5.85. The number of rotatable bonds is 5. The first kappa shape index (κ1) is 16.4. The second-order valence-electron chi connectivity index (χ2n) is 5.09. The van der Waals surface area contributed by atoms with Crippen LogP contribution >= 0.6 is 0 Å². The highest BCUT2D eigenvalue weighted by Gasteiger charge is 2.05. The summed E-state index contributed by atoms with van der Waals surface area (Å²) in [6, 6.07) is 9.83. The van der Waals surface area contributed by atoms with Gasteiger partial charge in [0.05, 0.1) is 6.21 Å². The van der Waals surface area contributed by atoms with Crippen LogP contribution in [0.25, 0.3) is 0 Å². The van der Waals surface area contributed by atoms with Crippen molar-refractivity contribution in [1.82, 2.24) is 5.43 Å². The van der Waals surface area contributed by atoms with Gasteiger partial charge in [-0.05, 0) is 43.2 Å². The van der Waals surface area contributed by atoms with Gasteiger partial charge in [0, 0.05) is 11.6 Å².